The van der Waals surface area contributed by atoms with Crippen molar-refractivity contribution < 1.29 is 17.1 Å². The number of hydrogen-bond donors (Lipinski definition) is 0. The van der Waals surface area contributed by atoms with Crippen LogP contribution in [-0.2, 0) is 0 Å². The van der Waals surface area contributed by atoms with Crippen LogP contribution in [-0.4, -0.2) is 4.98 Å². The minimum absolute atomic E-state index is 0.0112. The first kappa shape index (κ1) is 27.0. The molecule has 0 saturated carbocycles. The highest BCUT2D eigenvalue weighted by Gasteiger charge is 2.23. The van der Waals surface area contributed by atoms with Crippen molar-refractivity contribution in [2.24, 2.45) is 0 Å². The van der Waals surface area contributed by atoms with Gasteiger partial charge >= 0.3 is 0 Å². The molecule has 0 amide bonds. The average Bonchev–Trinajstić information content (AvgIpc) is 3.93. The van der Waals surface area contributed by atoms with E-state index in [1.807, 2.05) is 103 Å². The number of fused-ring (bicyclic) bond motifs is 5. The van der Waals surface area contributed by atoms with E-state index in [2.05, 4.69) is 58.4 Å². The molecule has 0 bridgehead atoms. The van der Waals surface area contributed by atoms with Crippen molar-refractivity contribution in [2.75, 3.05) is 4.90 Å². The Balaban J connectivity index is 1.24. The summed E-state index contributed by atoms with van der Waals surface area (Å²) >= 11 is 0. The van der Waals surface area contributed by atoms with Crippen molar-refractivity contribution in [3.63, 3.8) is 0 Å². The maximum atomic E-state index is 9.88. The summed E-state index contributed by atoms with van der Waals surface area (Å²) in [5, 5.41) is 1.78. The third kappa shape index (κ3) is 5.74. The molecule has 2 heterocycles. The number of benzene rings is 9. The molecule has 9 aromatic carbocycles. The van der Waals surface area contributed by atoms with Crippen LogP contribution in [0.3, 0.4) is 0 Å². The van der Waals surface area contributed by atoms with Gasteiger partial charge in [-0.25, -0.2) is 4.98 Å². The Kier molecular flexibility index (Phi) is 6.42. The van der Waals surface area contributed by atoms with Crippen LogP contribution in [0.2, 0.25) is 0 Å². The Morgan fingerprint density at radius 2 is 0.947 bits per heavy atom. The Bertz CT molecular complexity index is 3450. The van der Waals surface area contributed by atoms with Crippen LogP contribution in [0, 0.1) is 0 Å². The van der Waals surface area contributed by atoms with E-state index in [0.29, 0.717) is 33.5 Å². The van der Waals surface area contributed by atoms with Crippen LogP contribution >= 0.6 is 0 Å². The molecule has 4 nitrogen and oxygen atoms in total. The molecule has 0 aliphatic heterocycles. The number of para-hydroxylation sites is 3. The molecule has 11 rings (SSSR count). The molecular weight excluding hydrogens is 697 g/mol. The van der Waals surface area contributed by atoms with Crippen LogP contribution in [0.5, 0.6) is 0 Å². The first-order chi connectivity index (χ1) is 30.7. The molecule has 11 aromatic rings. The molecule has 0 N–H and O–H groups in total. The van der Waals surface area contributed by atoms with Gasteiger partial charge in [-0.05, 0) is 99.2 Å². The van der Waals surface area contributed by atoms with E-state index in [1.165, 1.54) is 0 Å². The smallest absolute Gasteiger partial charge is 0.227 e. The summed E-state index contributed by atoms with van der Waals surface area (Å²) in [6.45, 7) is 0. The lowest BCUT2D eigenvalue weighted by molar-refractivity contribution is 0.620. The van der Waals surface area contributed by atoms with Crippen LogP contribution in [0.4, 0.5) is 17.1 Å². The summed E-state index contributed by atoms with van der Waals surface area (Å²) < 4.78 is 68.8. The van der Waals surface area contributed by atoms with Crippen molar-refractivity contribution in [2.45, 2.75) is 0 Å². The van der Waals surface area contributed by atoms with Crippen molar-refractivity contribution in [3.05, 3.63) is 206 Å². The zero-order chi connectivity index (χ0) is 42.9. The number of furan rings is 1. The van der Waals surface area contributed by atoms with Gasteiger partial charge in [-0.3, -0.25) is 0 Å². The molecule has 0 radical (unpaired) electrons. The SMILES string of the molecule is [2H]c1c([2H])c([2H])c2c(-c3cc4oc5ccccc5c4cc3N(c3ccc(-c4ccccc4)cc3)c3ccc(-c4ccccc4)cc3)c([2H])c([2H])c(-c3nc4ccccc4o3)c2c1[2H]. The zero-order valence-corrected chi connectivity index (χ0v) is 30.4. The molecule has 57 heavy (non-hydrogen) atoms. The number of oxazole rings is 1. The second-order valence-corrected chi connectivity index (χ2v) is 13.9. The fourth-order valence-corrected chi connectivity index (χ4v) is 7.72. The lowest BCUT2D eigenvalue weighted by Crippen LogP contribution is -2.11. The third-order valence-corrected chi connectivity index (χ3v) is 10.5. The Morgan fingerprint density at radius 1 is 0.404 bits per heavy atom. The van der Waals surface area contributed by atoms with Gasteiger partial charge in [0.25, 0.3) is 0 Å². The highest BCUT2D eigenvalue weighted by molar-refractivity contribution is 6.13. The number of rotatable bonds is 7. The zero-order valence-electron chi connectivity index (χ0n) is 36.4. The predicted octanol–water partition coefficient (Wildman–Crippen LogP) is 15.0. The molecule has 0 saturated heterocycles. The number of anilines is 3. The molecule has 0 atom stereocenters. The highest BCUT2D eigenvalue weighted by Crippen LogP contribution is 2.47. The van der Waals surface area contributed by atoms with E-state index in [0.717, 1.165) is 44.4 Å². The summed E-state index contributed by atoms with van der Waals surface area (Å²) in [5.41, 5.74) is 9.09. The molecule has 0 spiro atoms. The number of nitrogens with zero attached hydrogens (tertiary/aromatic N) is 2. The van der Waals surface area contributed by atoms with Gasteiger partial charge in [0.1, 0.15) is 16.7 Å². The summed E-state index contributed by atoms with van der Waals surface area (Å²) in [4.78, 5) is 6.76. The first-order valence-electron chi connectivity index (χ1n) is 21.7. The van der Waals surface area contributed by atoms with E-state index < -0.39 is 12.1 Å². The maximum Gasteiger partial charge on any atom is 0.227 e. The van der Waals surface area contributed by atoms with Gasteiger partial charge in [-0.2, -0.15) is 0 Å². The third-order valence-electron chi connectivity index (χ3n) is 10.5. The summed E-state index contributed by atoms with van der Waals surface area (Å²) in [7, 11) is 0. The van der Waals surface area contributed by atoms with Crippen LogP contribution in [0.15, 0.2) is 215 Å². The van der Waals surface area contributed by atoms with Crippen molar-refractivity contribution in [1.29, 1.82) is 0 Å². The van der Waals surface area contributed by atoms with Gasteiger partial charge in [0.2, 0.25) is 5.89 Å². The minimum atomic E-state index is -0.473. The van der Waals surface area contributed by atoms with E-state index in [9.17, 15) is 5.48 Å². The van der Waals surface area contributed by atoms with Gasteiger partial charge in [-0.15, -0.1) is 0 Å². The highest BCUT2D eigenvalue weighted by atomic mass is 16.3. The second-order valence-electron chi connectivity index (χ2n) is 13.9. The van der Waals surface area contributed by atoms with Crippen molar-refractivity contribution in [1.82, 2.24) is 4.98 Å². The summed E-state index contributed by atoms with van der Waals surface area (Å²) in [6, 6.07) is 53.3. The number of aromatic nitrogens is 1. The molecular formula is C53H34N2O2. The summed E-state index contributed by atoms with van der Waals surface area (Å²) in [5.74, 6) is -0.0112. The fourth-order valence-electron chi connectivity index (χ4n) is 7.72. The molecule has 2 aromatic heterocycles. The quantitative estimate of drug-likeness (QED) is 0.163. The van der Waals surface area contributed by atoms with E-state index in [4.69, 9.17) is 11.6 Å². The van der Waals surface area contributed by atoms with E-state index >= 15 is 0 Å². The Hall–Kier alpha value is -7.69. The van der Waals surface area contributed by atoms with Gasteiger partial charge in [0, 0.05) is 33.3 Å². The Morgan fingerprint density at radius 3 is 1.60 bits per heavy atom. The Labute approximate surface area is 337 Å². The molecule has 4 heteroatoms. The molecule has 0 fully saturated rings. The van der Waals surface area contributed by atoms with E-state index in [1.54, 1.807) is 18.2 Å². The first-order valence-corrected chi connectivity index (χ1v) is 18.7. The number of hydrogen-bond acceptors (Lipinski definition) is 4. The van der Waals surface area contributed by atoms with Gasteiger partial charge in [0.05, 0.1) is 13.9 Å². The van der Waals surface area contributed by atoms with Crippen LogP contribution < -0.4 is 4.90 Å². The standard InChI is InChI=1S/C53H34N2O2/c1-3-13-35(14-4-1)37-23-27-39(28-24-37)55(40-29-25-38(26-30-40)36-15-5-2-6-16-36)49-33-47-44-19-9-11-21-50(44)56-52(47)34-46(49)43-31-32-45(42-18-8-7-17-41(42)43)53-54-48-20-10-12-22-51(48)57-53/h1-34H/i7D,8D,17D,18D,31D,32D. The molecule has 0 unspecified atom stereocenters. The lowest BCUT2D eigenvalue weighted by atomic mass is 9.92. The van der Waals surface area contributed by atoms with Gasteiger partial charge in [-0.1, -0.05) is 145 Å². The maximum absolute atomic E-state index is 9.88. The fraction of sp³-hybridized carbons (Fsp3) is 0. The van der Waals surface area contributed by atoms with Crippen LogP contribution in [0.25, 0.3) is 88.6 Å². The van der Waals surface area contributed by atoms with E-state index in [-0.39, 0.29) is 52.0 Å². The average molecular weight is 737 g/mol. The second kappa shape index (κ2) is 13.6. The topological polar surface area (TPSA) is 42.4 Å². The molecule has 0 aliphatic rings. The lowest BCUT2D eigenvalue weighted by Gasteiger charge is -2.29. The summed E-state index contributed by atoms with van der Waals surface area (Å²) in [6.07, 6.45) is 0. The van der Waals surface area contributed by atoms with Crippen molar-refractivity contribution in [3.8, 4) is 44.8 Å². The normalized spacial score (nSPS) is 13.0. The van der Waals surface area contributed by atoms with Gasteiger partial charge in [0.15, 0.2) is 5.58 Å². The van der Waals surface area contributed by atoms with Gasteiger partial charge < -0.3 is 13.7 Å². The predicted molar refractivity (Wildman–Crippen MR) is 235 cm³/mol. The largest absolute Gasteiger partial charge is 0.456 e. The van der Waals surface area contributed by atoms with Crippen LogP contribution in [0.1, 0.15) is 8.22 Å². The molecule has 0 aliphatic carbocycles. The van der Waals surface area contributed by atoms with Crippen molar-refractivity contribution >= 4 is 60.9 Å². The monoisotopic (exact) mass is 736 g/mol. The minimum Gasteiger partial charge on any atom is -0.456 e. The molecule has 268 valence electrons.